The number of amides is 1. The molecule has 0 fully saturated rings. The maximum atomic E-state index is 12.3. The zero-order chi connectivity index (χ0) is 25.5. The minimum atomic E-state index is -0.410. The Hall–Kier alpha value is -4.24. The number of aromatic nitrogens is 3. The average Bonchev–Trinajstić information content (AvgIpc) is 3.29. The highest BCUT2D eigenvalue weighted by atomic mass is 16.5. The Balaban J connectivity index is 1.56. The Morgan fingerprint density at radius 3 is 2.53 bits per heavy atom. The van der Waals surface area contributed by atoms with Gasteiger partial charge in [0, 0.05) is 43.3 Å². The van der Waals surface area contributed by atoms with Crippen molar-refractivity contribution in [3.8, 4) is 28.6 Å². The van der Waals surface area contributed by atoms with Gasteiger partial charge in [-0.05, 0) is 61.9 Å². The zero-order valence-electron chi connectivity index (χ0n) is 20.2. The van der Waals surface area contributed by atoms with Crippen LogP contribution in [0.3, 0.4) is 0 Å². The van der Waals surface area contributed by atoms with E-state index in [2.05, 4.69) is 15.0 Å². The molecule has 0 radical (unpaired) electrons. The van der Waals surface area contributed by atoms with Gasteiger partial charge in [-0.15, -0.1) is 0 Å². The quantitative estimate of drug-likeness (QED) is 0.277. The summed E-state index contributed by atoms with van der Waals surface area (Å²) < 4.78 is 17.3. The molecule has 4 aromatic rings. The number of nitrogens with two attached hydrogens (primary N) is 1. The largest absolute Gasteiger partial charge is 0.488 e. The van der Waals surface area contributed by atoms with Crippen molar-refractivity contribution in [1.82, 2.24) is 15.0 Å². The first-order valence-electron chi connectivity index (χ1n) is 11.6. The number of carbonyl (C=O) groups excluding carboxylic acids is 2. The SMILES string of the molecule is COC[C@H](C)Oc1cc(Oc2ccc(C(=O)CCCC(N)=O)cc2)cc(-c2nc3ncccc3[nH]2)c1. The summed E-state index contributed by atoms with van der Waals surface area (Å²) in [5.74, 6) is 1.87. The molecule has 0 saturated carbocycles. The number of carbonyl (C=O) groups is 2. The lowest BCUT2D eigenvalue weighted by Crippen LogP contribution is -2.17. The maximum absolute atomic E-state index is 12.3. The second-order valence-corrected chi connectivity index (χ2v) is 8.41. The van der Waals surface area contributed by atoms with Crippen molar-refractivity contribution < 1.29 is 23.8 Å². The molecule has 0 spiro atoms. The highest BCUT2D eigenvalue weighted by molar-refractivity contribution is 5.96. The zero-order valence-corrected chi connectivity index (χ0v) is 20.2. The normalized spacial score (nSPS) is 11.8. The number of imidazole rings is 1. The fourth-order valence-electron chi connectivity index (χ4n) is 3.73. The van der Waals surface area contributed by atoms with Crippen molar-refractivity contribution in [3.05, 3.63) is 66.4 Å². The minimum Gasteiger partial charge on any atom is -0.488 e. The van der Waals surface area contributed by atoms with Crippen LogP contribution in [0.5, 0.6) is 17.2 Å². The van der Waals surface area contributed by atoms with Gasteiger partial charge in [-0.1, -0.05) is 0 Å². The van der Waals surface area contributed by atoms with Gasteiger partial charge in [0.1, 0.15) is 29.2 Å². The van der Waals surface area contributed by atoms with E-state index in [9.17, 15) is 9.59 Å². The van der Waals surface area contributed by atoms with Crippen LogP contribution in [-0.4, -0.2) is 46.5 Å². The second-order valence-electron chi connectivity index (χ2n) is 8.41. The smallest absolute Gasteiger partial charge is 0.217 e. The van der Waals surface area contributed by atoms with E-state index in [1.165, 1.54) is 0 Å². The number of hydrogen-bond acceptors (Lipinski definition) is 7. The Bertz CT molecular complexity index is 1320. The van der Waals surface area contributed by atoms with E-state index < -0.39 is 5.91 Å². The number of nitrogens with one attached hydrogen (secondary N) is 1. The van der Waals surface area contributed by atoms with Crippen molar-refractivity contribution in [2.45, 2.75) is 32.3 Å². The van der Waals surface area contributed by atoms with Gasteiger partial charge < -0.3 is 24.9 Å². The molecule has 3 N–H and O–H groups in total. The summed E-state index contributed by atoms with van der Waals surface area (Å²) in [6, 6.07) is 16.1. The molecule has 0 aliphatic heterocycles. The van der Waals surface area contributed by atoms with Gasteiger partial charge in [-0.2, -0.15) is 0 Å². The Kier molecular flexibility index (Phi) is 7.92. The van der Waals surface area contributed by atoms with Gasteiger partial charge >= 0.3 is 0 Å². The molecule has 186 valence electrons. The van der Waals surface area contributed by atoms with Crippen molar-refractivity contribution in [2.75, 3.05) is 13.7 Å². The van der Waals surface area contributed by atoms with E-state index in [1.54, 1.807) is 43.6 Å². The summed E-state index contributed by atoms with van der Waals surface area (Å²) in [7, 11) is 1.62. The van der Waals surface area contributed by atoms with Gasteiger partial charge in [0.2, 0.25) is 5.91 Å². The van der Waals surface area contributed by atoms with Crippen LogP contribution in [-0.2, 0) is 9.53 Å². The summed E-state index contributed by atoms with van der Waals surface area (Å²) in [5, 5.41) is 0. The van der Waals surface area contributed by atoms with Crippen molar-refractivity contribution in [3.63, 3.8) is 0 Å². The lowest BCUT2D eigenvalue weighted by atomic mass is 10.1. The molecular formula is C27H28N4O5. The standard InChI is InChI=1S/C27H28N4O5/c1-17(16-34-2)35-21-13-19(26-30-23-5-4-12-29-27(23)31-26)14-22(15-21)36-20-10-8-18(9-11-20)24(32)6-3-7-25(28)33/h4-5,8-15,17H,3,6-7,16H2,1-2H3,(H2,28,33)(H,29,30,31)/t17-/m0/s1. The highest BCUT2D eigenvalue weighted by Gasteiger charge is 2.13. The van der Waals surface area contributed by atoms with E-state index in [4.69, 9.17) is 19.9 Å². The molecule has 0 aliphatic carbocycles. The van der Waals surface area contributed by atoms with Crippen LogP contribution in [0.2, 0.25) is 0 Å². The topological polar surface area (TPSA) is 129 Å². The van der Waals surface area contributed by atoms with Crippen LogP contribution in [0.4, 0.5) is 0 Å². The summed E-state index contributed by atoms with van der Waals surface area (Å²) in [5.41, 5.74) is 7.90. The number of Topliss-reactive ketones (excluding diaryl/α,β-unsaturated/α-hetero) is 1. The number of ketones is 1. The third kappa shape index (κ3) is 6.45. The summed E-state index contributed by atoms with van der Waals surface area (Å²) in [6.07, 6.45) is 2.41. The number of rotatable bonds is 12. The first-order chi connectivity index (χ1) is 17.4. The number of primary amides is 1. The first kappa shape index (κ1) is 24.9. The molecule has 1 amide bonds. The summed E-state index contributed by atoms with van der Waals surface area (Å²) in [6.45, 7) is 2.35. The van der Waals surface area contributed by atoms with Crippen LogP contribution in [0.25, 0.3) is 22.6 Å². The fraction of sp³-hybridized carbons (Fsp3) is 0.259. The van der Waals surface area contributed by atoms with Gasteiger partial charge in [0.25, 0.3) is 0 Å². The van der Waals surface area contributed by atoms with Gasteiger partial charge in [0.15, 0.2) is 11.4 Å². The number of ether oxygens (including phenoxy) is 3. The monoisotopic (exact) mass is 488 g/mol. The second kappa shape index (κ2) is 11.5. The lowest BCUT2D eigenvalue weighted by Gasteiger charge is -2.16. The van der Waals surface area contributed by atoms with E-state index in [0.717, 1.165) is 11.1 Å². The predicted molar refractivity (Wildman–Crippen MR) is 135 cm³/mol. The molecule has 2 heterocycles. The molecule has 2 aromatic heterocycles. The summed E-state index contributed by atoms with van der Waals surface area (Å²) >= 11 is 0. The Morgan fingerprint density at radius 2 is 1.81 bits per heavy atom. The number of methoxy groups -OCH3 is 1. The van der Waals surface area contributed by atoms with Gasteiger partial charge in [-0.3, -0.25) is 9.59 Å². The van der Waals surface area contributed by atoms with Crippen LogP contribution in [0.15, 0.2) is 60.8 Å². The average molecular weight is 489 g/mol. The highest BCUT2D eigenvalue weighted by Crippen LogP contribution is 2.33. The third-order valence-corrected chi connectivity index (χ3v) is 5.39. The van der Waals surface area contributed by atoms with Crippen LogP contribution in [0.1, 0.15) is 36.5 Å². The molecule has 9 nitrogen and oxygen atoms in total. The molecule has 2 aromatic carbocycles. The number of pyridine rings is 1. The first-order valence-corrected chi connectivity index (χ1v) is 11.6. The van der Waals surface area contributed by atoms with E-state index in [0.29, 0.717) is 47.3 Å². The Labute approximate surface area is 208 Å². The number of H-pyrrole nitrogens is 1. The number of benzene rings is 2. The number of hydrogen-bond donors (Lipinski definition) is 2. The predicted octanol–water partition coefficient (Wildman–Crippen LogP) is 4.67. The molecule has 36 heavy (non-hydrogen) atoms. The fourth-order valence-corrected chi connectivity index (χ4v) is 3.73. The molecule has 0 saturated heterocycles. The van der Waals surface area contributed by atoms with E-state index in [1.807, 2.05) is 31.2 Å². The van der Waals surface area contributed by atoms with E-state index in [-0.39, 0.29) is 24.7 Å². The molecule has 0 bridgehead atoms. The number of aromatic amines is 1. The van der Waals surface area contributed by atoms with Crippen molar-refractivity contribution in [1.29, 1.82) is 0 Å². The lowest BCUT2D eigenvalue weighted by molar-refractivity contribution is -0.118. The number of nitrogens with zero attached hydrogens (tertiary/aromatic N) is 2. The van der Waals surface area contributed by atoms with Gasteiger partial charge in [0.05, 0.1) is 12.1 Å². The third-order valence-electron chi connectivity index (χ3n) is 5.39. The van der Waals surface area contributed by atoms with E-state index >= 15 is 0 Å². The molecular weight excluding hydrogens is 460 g/mol. The summed E-state index contributed by atoms with van der Waals surface area (Å²) in [4.78, 5) is 35.4. The van der Waals surface area contributed by atoms with Crippen LogP contribution in [0, 0.1) is 0 Å². The van der Waals surface area contributed by atoms with Crippen molar-refractivity contribution in [2.24, 2.45) is 5.73 Å². The Morgan fingerprint density at radius 1 is 1.03 bits per heavy atom. The minimum absolute atomic E-state index is 0.0499. The molecule has 0 aliphatic rings. The molecule has 4 rings (SSSR count). The maximum Gasteiger partial charge on any atom is 0.217 e. The van der Waals surface area contributed by atoms with Crippen LogP contribution >= 0.6 is 0 Å². The van der Waals surface area contributed by atoms with Crippen molar-refractivity contribution >= 4 is 22.9 Å². The number of fused-ring (bicyclic) bond motifs is 1. The molecule has 9 heteroatoms. The molecule has 1 atom stereocenters. The van der Waals surface area contributed by atoms with Crippen LogP contribution < -0.4 is 15.2 Å². The molecule has 0 unspecified atom stereocenters. The van der Waals surface area contributed by atoms with Gasteiger partial charge in [-0.25, -0.2) is 9.97 Å².